The van der Waals surface area contributed by atoms with Crippen LogP contribution in [-0.4, -0.2) is 36.6 Å². The van der Waals surface area contributed by atoms with E-state index in [0.29, 0.717) is 5.82 Å². The van der Waals surface area contributed by atoms with Crippen LogP contribution < -0.4 is 21.7 Å². The molecule has 0 unspecified atom stereocenters. The highest BCUT2D eigenvalue weighted by atomic mass is 32.2. The van der Waals surface area contributed by atoms with E-state index >= 15 is 0 Å². The summed E-state index contributed by atoms with van der Waals surface area (Å²) in [4.78, 5) is 19.0. The molecular weight excluding hydrogens is 248 g/mol. The molecule has 0 radical (unpaired) electrons. The van der Waals surface area contributed by atoms with Crippen molar-refractivity contribution < 1.29 is 13.2 Å². The molecule has 0 aliphatic rings. The van der Waals surface area contributed by atoms with Crippen LogP contribution in [0.2, 0.25) is 0 Å². The highest BCUT2D eigenvalue weighted by Gasteiger charge is 2.09. The van der Waals surface area contributed by atoms with Gasteiger partial charge in [0, 0.05) is 6.54 Å². The summed E-state index contributed by atoms with van der Waals surface area (Å²) in [6.07, 6.45) is 2.48. The number of sulfonamides is 1. The molecule has 0 bridgehead atoms. The molecule has 0 spiro atoms. The number of carbonyl (C=O) groups is 1. The van der Waals surface area contributed by atoms with Crippen LogP contribution in [-0.2, 0) is 10.0 Å². The number of hydrogen-bond acceptors (Lipinski definition) is 7. The van der Waals surface area contributed by atoms with E-state index in [4.69, 9.17) is 11.0 Å². The lowest BCUT2D eigenvalue weighted by Gasteiger charge is -2.03. The van der Waals surface area contributed by atoms with Gasteiger partial charge in [0.2, 0.25) is 10.0 Å². The van der Waals surface area contributed by atoms with Gasteiger partial charge in [-0.2, -0.15) is 0 Å². The number of hydrazine groups is 1. The standard InChI is InChI=1S/C7H12N6O3S/c8-13-6-4-11-5(3-12-6)7(14)10-1-2-17(9,15)16/h3-4H,1-2,8H2,(H,10,14)(H,12,13)(H2,9,15,16). The van der Waals surface area contributed by atoms with Crippen LogP contribution in [0.3, 0.4) is 0 Å². The minimum Gasteiger partial charge on any atom is -0.350 e. The predicted octanol–water partition coefficient (Wildman–Crippen LogP) is -2.22. The lowest BCUT2D eigenvalue weighted by atomic mass is 10.4. The molecule has 0 aliphatic carbocycles. The average molecular weight is 260 g/mol. The fraction of sp³-hybridized carbons (Fsp3) is 0.286. The number of hydrogen-bond donors (Lipinski definition) is 4. The molecule has 6 N–H and O–H groups in total. The molecule has 17 heavy (non-hydrogen) atoms. The van der Waals surface area contributed by atoms with Crippen molar-refractivity contribution in [2.24, 2.45) is 11.0 Å². The molecule has 1 aromatic rings. The van der Waals surface area contributed by atoms with E-state index in [-0.39, 0.29) is 18.0 Å². The smallest absolute Gasteiger partial charge is 0.271 e. The number of aromatic nitrogens is 2. The molecule has 1 heterocycles. The fourth-order valence-corrected chi connectivity index (χ4v) is 1.30. The predicted molar refractivity (Wildman–Crippen MR) is 60.1 cm³/mol. The Hall–Kier alpha value is -1.78. The van der Waals surface area contributed by atoms with Crippen molar-refractivity contribution in [2.45, 2.75) is 0 Å². The number of nitrogens with two attached hydrogens (primary N) is 2. The molecule has 0 saturated heterocycles. The SMILES string of the molecule is NNc1cnc(C(=O)NCCS(N)(=O)=O)cn1. The van der Waals surface area contributed by atoms with Crippen molar-refractivity contribution in [1.29, 1.82) is 0 Å². The Morgan fingerprint density at radius 2 is 2.06 bits per heavy atom. The molecule has 0 atom stereocenters. The van der Waals surface area contributed by atoms with E-state index < -0.39 is 15.9 Å². The van der Waals surface area contributed by atoms with Gasteiger partial charge in [0.1, 0.15) is 5.69 Å². The van der Waals surface area contributed by atoms with Gasteiger partial charge in [-0.25, -0.2) is 29.4 Å². The summed E-state index contributed by atoms with van der Waals surface area (Å²) < 4.78 is 21.2. The number of primary sulfonamides is 1. The van der Waals surface area contributed by atoms with Gasteiger partial charge in [-0.3, -0.25) is 4.79 Å². The van der Waals surface area contributed by atoms with Crippen LogP contribution in [0, 0.1) is 0 Å². The van der Waals surface area contributed by atoms with Gasteiger partial charge in [0.15, 0.2) is 5.82 Å². The third kappa shape index (κ3) is 4.72. The van der Waals surface area contributed by atoms with Crippen molar-refractivity contribution in [3.05, 3.63) is 18.1 Å². The largest absolute Gasteiger partial charge is 0.350 e. The van der Waals surface area contributed by atoms with Gasteiger partial charge >= 0.3 is 0 Å². The number of anilines is 1. The molecule has 1 rings (SSSR count). The first-order chi connectivity index (χ1) is 7.92. The highest BCUT2D eigenvalue weighted by molar-refractivity contribution is 7.89. The van der Waals surface area contributed by atoms with Crippen molar-refractivity contribution in [1.82, 2.24) is 15.3 Å². The Kier molecular flexibility index (Phi) is 4.31. The van der Waals surface area contributed by atoms with Crippen LogP contribution in [0.15, 0.2) is 12.4 Å². The molecule has 0 fully saturated rings. The minimum atomic E-state index is -3.59. The Morgan fingerprint density at radius 1 is 1.35 bits per heavy atom. The third-order valence-electron chi connectivity index (χ3n) is 1.70. The second-order valence-corrected chi connectivity index (χ2v) is 4.79. The molecule has 9 nitrogen and oxygen atoms in total. The van der Waals surface area contributed by atoms with Crippen LogP contribution in [0.1, 0.15) is 10.5 Å². The number of carbonyl (C=O) groups excluding carboxylic acids is 1. The summed E-state index contributed by atoms with van der Waals surface area (Å²) in [6, 6.07) is 0. The molecule has 10 heteroatoms. The minimum absolute atomic E-state index is 0.0541. The van der Waals surface area contributed by atoms with Gasteiger partial charge in [0.25, 0.3) is 5.91 Å². The van der Waals surface area contributed by atoms with Crippen molar-refractivity contribution in [2.75, 3.05) is 17.7 Å². The number of nitrogens with one attached hydrogen (secondary N) is 2. The van der Waals surface area contributed by atoms with Crippen molar-refractivity contribution >= 4 is 21.7 Å². The maximum absolute atomic E-state index is 11.4. The quantitative estimate of drug-likeness (QED) is 0.345. The Bertz CT molecular complexity index is 485. The highest BCUT2D eigenvalue weighted by Crippen LogP contribution is 1.98. The second-order valence-electron chi connectivity index (χ2n) is 3.05. The summed E-state index contributed by atoms with van der Waals surface area (Å²) in [5.41, 5.74) is 2.31. The summed E-state index contributed by atoms with van der Waals surface area (Å²) in [5.74, 6) is 4.51. The van der Waals surface area contributed by atoms with E-state index in [1.165, 1.54) is 12.4 Å². The van der Waals surface area contributed by atoms with Crippen LogP contribution in [0.25, 0.3) is 0 Å². The van der Waals surface area contributed by atoms with Crippen molar-refractivity contribution in [3.63, 3.8) is 0 Å². The number of amides is 1. The van der Waals surface area contributed by atoms with Gasteiger partial charge < -0.3 is 10.7 Å². The van der Waals surface area contributed by atoms with Crippen LogP contribution in [0.4, 0.5) is 5.82 Å². The van der Waals surface area contributed by atoms with E-state index in [0.717, 1.165) is 0 Å². The lowest BCUT2D eigenvalue weighted by Crippen LogP contribution is -2.32. The first-order valence-corrected chi connectivity index (χ1v) is 6.21. The van der Waals surface area contributed by atoms with E-state index in [1.807, 2.05) is 0 Å². The van der Waals surface area contributed by atoms with Gasteiger partial charge in [-0.05, 0) is 0 Å². The molecule has 0 aliphatic heterocycles. The number of rotatable bonds is 5. The first kappa shape index (κ1) is 13.3. The van der Waals surface area contributed by atoms with Crippen molar-refractivity contribution in [3.8, 4) is 0 Å². The summed E-state index contributed by atoms with van der Waals surface area (Å²) in [6.45, 7) is -0.0871. The zero-order valence-electron chi connectivity index (χ0n) is 8.75. The monoisotopic (exact) mass is 260 g/mol. The second kappa shape index (κ2) is 5.52. The lowest BCUT2D eigenvalue weighted by molar-refractivity contribution is 0.0951. The number of nitrogen functional groups attached to an aromatic ring is 1. The van der Waals surface area contributed by atoms with Gasteiger partial charge in [-0.1, -0.05) is 0 Å². The molecule has 1 aromatic heterocycles. The van der Waals surface area contributed by atoms with E-state index in [9.17, 15) is 13.2 Å². The summed E-state index contributed by atoms with van der Waals surface area (Å²) in [5, 5.41) is 7.11. The maximum atomic E-state index is 11.4. The van der Waals surface area contributed by atoms with E-state index in [1.54, 1.807) is 0 Å². The van der Waals surface area contributed by atoms with Gasteiger partial charge in [0.05, 0.1) is 18.1 Å². The molecule has 94 valence electrons. The normalized spacial score (nSPS) is 10.9. The van der Waals surface area contributed by atoms with Crippen LogP contribution in [0.5, 0.6) is 0 Å². The molecule has 1 amide bonds. The molecular formula is C7H12N6O3S. The zero-order chi connectivity index (χ0) is 12.9. The Morgan fingerprint density at radius 3 is 2.53 bits per heavy atom. The average Bonchev–Trinajstić information content (AvgIpc) is 2.27. The summed E-state index contributed by atoms with van der Waals surface area (Å²) >= 11 is 0. The summed E-state index contributed by atoms with van der Waals surface area (Å²) in [7, 11) is -3.59. The molecule has 0 aromatic carbocycles. The van der Waals surface area contributed by atoms with Gasteiger partial charge in [-0.15, -0.1) is 0 Å². The third-order valence-corrected chi connectivity index (χ3v) is 2.48. The Balaban J connectivity index is 2.52. The maximum Gasteiger partial charge on any atom is 0.271 e. The topological polar surface area (TPSA) is 153 Å². The Labute approximate surface area is 97.6 Å². The zero-order valence-corrected chi connectivity index (χ0v) is 9.57. The first-order valence-electron chi connectivity index (χ1n) is 4.50. The molecule has 0 saturated carbocycles. The number of nitrogens with zero attached hydrogens (tertiary/aromatic N) is 2. The fourth-order valence-electron chi connectivity index (χ4n) is 0.917. The van der Waals surface area contributed by atoms with Crippen LogP contribution >= 0.6 is 0 Å². The van der Waals surface area contributed by atoms with E-state index in [2.05, 4.69) is 20.7 Å².